The van der Waals surface area contributed by atoms with Crippen LogP contribution in [0, 0.1) is 0 Å². The van der Waals surface area contributed by atoms with Crippen molar-refractivity contribution in [3.8, 4) is 0 Å². The Morgan fingerprint density at radius 1 is 1.07 bits per heavy atom. The molecule has 1 aliphatic heterocycles. The predicted molar refractivity (Wildman–Crippen MR) is 122 cm³/mol. The summed E-state index contributed by atoms with van der Waals surface area (Å²) in [6.07, 6.45) is 1.04. The van der Waals surface area contributed by atoms with E-state index < -0.39 is 0 Å². The number of halogens is 1. The number of rotatable bonds is 3. The lowest BCUT2D eigenvalue weighted by molar-refractivity contribution is 0.102. The second-order valence-corrected chi connectivity index (χ2v) is 8.22. The summed E-state index contributed by atoms with van der Waals surface area (Å²) in [6, 6.07) is 23.7. The highest BCUT2D eigenvalue weighted by molar-refractivity contribution is 6.31. The minimum absolute atomic E-state index is 0.166. The van der Waals surface area contributed by atoms with Crippen LogP contribution < -0.4 is 5.32 Å². The second-order valence-electron chi connectivity index (χ2n) is 7.78. The molecule has 2 N–H and O–H groups in total. The number of nitrogens with one attached hydrogen (secondary N) is 2. The van der Waals surface area contributed by atoms with E-state index in [0.29, 0.717) is 10.6 Å². The van der Waals surface area contributed by atoms with Crippen molar-refractivity contribution >= 4 is 34.1 Å². The predicted octanol–water partition coefficient (Wildman–Crippen LogP) is 5.65. The van der Waals surface area contributed by atoms with Gasteiger partial charge in [0.1, 0.15) is 0 Å². The van der Waals surface area contributed by atoms with Crippen molar-refractivity contribution < 1.29 is 4.79 Å². The Balaban J connectivity index is 1.42. The lowest BCUT2D eigenvalue weighted by atomic mass is 9.93. The van der Waals surface area contributed by atoms with E-state index in [1.807, 2.05) is 12.1 Å². The van der Waals surface area contributed by atoms with Gasteiger partial charge in [-0.05, 0) is 61.0 Å². The topological polar surface area (TPSA) is 48.1 Å². The Bertz CT molecular complexity index is 1230. The number of fused-ring (bicyclic) bond motifs is 3. The Hall–Kier alpha value is -3.08. The molecule has 30 heavy (non-hydrogen) atoms. The lowest BCUT2D eigenvalue weighted by Gasteiger charge is -2.33. The first-order valence-corrected chi connectivity index (χ1v) is 10.4. The SMILES string of the molecule is CN1CCc2c([nH]c3ccccc23)C1c1ccc(NC(=O)c2cccc(Cl)c2)cc1. The largest absolute Gasteiger partial charge is 0.357 e. The van der Waals surface area contributed by atoms with Crippen LogP contribution in [0.15, 0.2) is 72.8 Å². The Morgan fingerprint density at radius 3 is 2.67 bits per heavy atom. The summed E-state index contributed by atoms with van der Waals surface area (Å²) < 4.78 is 0. The van der Waals surface area contributed by atoms with Crippen molar-refractivity contribution in [2.24, 2.45) is 0 Å². The van der Waals surface area contributed by atoms with Gasteiger partial charge in [-0.3, -0.25) is 9.69 Å². The van der Waals surface area contributed by atoms with Crippen molar-refractivity contribution in [1.82, 2.24) is 9.88 Å². The van der Waals surface area contributed by atoms with E-state index in [-0.39, 0.29) is 11.9 Å². The number of carbonyl (C=O) groups excluding carboxylic acids is 1. The molecule has 1 unspecified atom stereocenters. The van der Waals surface area contributed by atoms with Crippen LogP contribution in [0.1, 0.15) is 33.2 Å². The summed E-state index contributed by atoms with van der Waals surface area (Å²) in [7, 11) is 2.16. The van der Waals surface area contributed by atoms with Crippen LogP contribution in [0.5, 0.6) is 0 Å². The van der Waals surface area contributed by atoms with Gasteiger partial charge in [-0.15, -0.1) is 0 Å². The average Bonchev–Trinajstić information content (AvgIpc) is 3.13. The third kappa shape index (κ3) is 3.38. The highest BCUT2D eigenvalue weighted by Gasteiger charge is 2.29. The fourth-order valence-electron chi connectivity index (χ4n) is 4.36. The maximum Gasteiger partial charge on any atom is 0.255 e. The molecule has 0 radical (unpaired) electrons. The summed E-state index contributed by atoms with van der Waals surface area (Å²) in [5.74, 6) is -0.169. The summed E-state index contributed by atoms with van der Waals surface area (Å²) in [6.45, 7) is 1.01. The molecule has 4 aromatic rings. The van der Waals surface area contributed by atoms with Gasteiger partial charge >= 0.3 is 0 Å². The number of aromatic amines is 1. The second kappa shape index (κ2) is 7.63. The zero-order valence-electron chi connectivity index (χ0n) is 16.7. The van der Waals surface area contributed by atoms with E-state index in [2.05, 4.69) is 58.6 Å². The molecule has 1 atom stereocenters. The highest BCUT2D eigenvalue weighted by atomic mass is 35.5. The molecule has 0 bridgehead atoms. The van der Waals surface area contributed by atoms with Crippen LogP contribution in [-0.2, 0) is 6.42 Å². The average molecular weight is 416 g/mol. The van der Waals surface area contributed by atoms with Gasteiger partial charge in [0.15, 0.2) is 0 Å². The molecule has 1 aromatic heterocycles. The number of anilines is 1. The molecule has 1 amide bonds. The molecular formula is C25H22ClN3O. The van der Waals surface area contributed by atoms with Crippen molar-refractivity contribution in [3.05, 3.63) is 100 Å². The molecule has 0 aliphatic carbocycles. The van der Waals surface area contributed by atoms with Gasteiger partial charge in [0.05, 0.1) is 6.04 Å². The maximum atomic E-state index is 12.5. The summed E-state index contributed by atoms with van der Waals surface area (Å²) in [4.78, 5) is 18.5. The molecule has 150 valence electrons. The van der Waals surface area contributed by atoms with E-state index in [1.54, 1.807) is 24.3 Å². The van der Waals surface area contributed by atoms with Crippen molar-refractivity contribution in [2.75, 3.05) is 18.9 Å². The number of carbonyl (C=O) groups is 1. The number of amides is 1. The molecule has 0 saturated heterocycles. The Kier molecular flexibility index (Phi) is 4.81. The van der Waals surface area contributed by atoms with Gasteiger partial charge in [0.25, 0.3) is 5.91 Å². The van der Waals surface area contributed by atoms with Crippen LogP contribution in [0.4, 0.5) is 5.69 Å². The van der Waals surface area contributed by atoms with Crippen molar-refractivity contribution in [3.63, 3.8) is 0 Å². The van der Waals surface area contributed by atoms with Crippen LogP contribution >= 0.6 is 11.6 Å². The molecular weight excluding hydrogens is 394 g/mol. The van der Waals surface area contributed by atoms with Gasteiger partial charge in [0.2, 0.25) is 0 Å². The van der Waals surface area contributed by atoms with Gasteiger partial charge in [0, 0.05) is 39.4 Å². The fourth-order valence-corrected chi connectivity index (χ4v) is 4.55. The van der Waals surface area contributed by atoms with Crippen LogP contribution in [0.2, 0.25) is 5.02 Å². The zero-order valence-corrected chi connectivity index (χ0v) is 17.4. The monoisotopic (exact) mass is 415 g/mol. The van der Waals surface area contributed by atoms with E-state index in [1.165, 1.54) is 27.7 Å². The zero-order chi connectivity index (χ0) is 20.7. The van der Waals surface area contributed by atoms with Gasteiger partial charge in [-0.1, -0.05) is 48.0 Å². The smallest absolute Gasteiger partial charge is 0.255 e. The van der Waals surface area contributed by atoms with Crippen molar-refractivity contribution in [2.45, 2.75) is 12.5 Å². The molecule has 0 saturated carbocycles. The lowest BCUT2D eigenvalue weighted by Crippen LogP contribution is -2.32. The van der Waals surface area contributed by atoms with Gasteiger partial charge < -0.3 is 10.3 Å². The van der Waals surface area contributed by atoms with E-state index >= 15 is 0 Å². The molecule has 5 rings (SSSR count). The quantitative estimate of drug-likeness (QED) is 0.454. The molecule has 0 fully saturated rings. The standard InChI is InChI=1S/C25H22ClN3O/c1-29-14-13-21-20-7-2-3-8-22(20)28-23(21)24(29)16-9-11-19(12-10-16)27-25(30)17-5-4-6-18(26)15-17/h2-12,15,24,28H,13-14H2,1H3,(H,27,30). The molecule has 3 aromatic carbocycles. The number of likely N-dealkylation sites (N-methyl/N-ethyl adjacent to an activating group) is 1. The highest BCUT2D eigenvalue weighted by Crippen LogP contribution is 2.37. The van der Waals surface area contributed by atoms with Gasteiger partial charge in [-0.2, -0.15) is 0 Å². The number of hydrogen-bond acceptors (Lipinski definition) is 2. The number of H-pyrrole nitrogens is 1. The third-order valence-electron chi connectivity index (χ3n) is 5.85. The first-order chi connectivity index (χ1) is 14.6. The summed E-state index contributed by atoms with van der Waals surface area (Å²) in [5, 5.41) is 4.81. The molecule has 1 aliphatic rings. The minimum Gasteiger partial charge on any atom is -0.357 e. The summed E-state index contributed by atoms with van der Waals surface area (Å²) >= 11 is 6.00. The maximum absolute atomic E-state index is 12.5. The molecule has 2 heterocycles. The van der Waals surface area contributed by atoms with Crippen LogP contribution in [-0.4, -0.2) is 29.4 Å². The number of hydrogen-bond donors (Lipinski definition) is 2. The first-order valence-electron chi connectivity index (χ1n) is 10.1. The molecule has 5 heteroatoms. The number of benzene rings is 3. The van der Waals surface area contributed by atoms with Crippen LogP contribution in [0.3, 0.4) is 0 Å². The molecule has 0 spiro atoms. The Morgan fingerprint density at radius 2 is 1.87 bits per heavy atom. The Labute approximate surface area is 180 Å². The minimum atomic E-state index is -0.169. The number of nitrogens with zero attached hydrogens (tertiary/aromatic N) is 1. The molecule has 4 nitrogen and oxygen atoms in total. The third-order valence-corrected chi connectivity index (χ3v) is 6.08. The number of para-hydroxylation sites is 1. The van der Waals surface area contributed by atoms with E-state index in [9.17, 15) is 4.79 Å². The van der Waals surface area contributed by atoms with Crippen molar-refractivity contribution in [1.29, 1.82) is 0 Å². The van der Waals surface area contributed by atoms with Crippen LogP contribution in [0.25, 0.3) is 10.9 Å². The van der Waals surface area contributed by atoms with E-state index in [4.69, 9.17) is 11.6 Å². The number of aromatic nitrogens is 1. The normalized spacial score (nSPS) is 16.4. The van der Waals surface area contributed by atoms with Gasteiger partial charge in [-0.25, -0.2) is 0 Å². The first kappa shape index (κ1) is 18.9. The fraction of sp³-hybridized carbons (Fsp3) is 0.160. The van der Waals surface area contributed by atoms with E-state index in [0.717, 1.165) is 18.7 Å². The summed E-state index contributed by atoms with van der Waals surface area (Å²) in [5.41, 5.74) is 6.37.